The van der Waals surface area contributed by atoms with Crippen LogP contribution in [0.3, 0.4) is 0 Å². The molecule has 0 atom stereocenters. The number of hydrogen-bond donors (Lipinski definition) is 0. The Hall–Kier alpha value is -3.26. The fourth-order valence-electron chi connectivity index (χ4n) is 5.82. The van der Waals surface area contributed by atoms with E-state index in [-0.39, 0.29) is 10.8 Å². The Kier molecular flexibility index (Phi) is 3.88. The second kappa shape index (κ2) is 6.39. The zero-order chi connectivity index (χ0) is 22.3. The van der Waals surface area contributed by atoms with Crippen molar-refractivity contribution in [3.8, 4) is 11.1 Å². The molecule has 1 aliphatic carbocycles. The summed E-state index contributed by atoms with van der Waals surface area (Å²) in [7, 11) is 6.22. The molecule has 1 nitrogen and oxygen atoms in total. The van der Waals surface area contributed by atoms with Crippen LogP contribution in [0.15, 0.2) is 84.9 Å². The molecule has 6 rings (SSSR count). The van der Waals surface area contributed by atoms with Crippen LogP contribution in [0.25, 0.3) is 11.1 Å². The first-order valence-electron chi connectivity index (χ1n) is 11.3. The molecule has 1 heterocycles. The van der Waals surface area contributed by atoms with Crippen LogP contribution >= 0.6 is 0 Å². The molecule has 0 spiro atoms. The van der Waals surface area contributed by atoms with Gasteiger partial charge >= 0.3 is 0 Å². The van der Waals surface area contributed by atoms with Crippen LogP contribution in [-0.4, -0.2) is 7.85 Å². The molecule has 4 aromatic rings. The van der Waals surface area contributed by atoms with E-state index in [4.69, 9.17) is 7.85 Å². The Labute approximate surface area is 192 Å². The van der Waals surface area contributed by atoms with Gasteiger partial charge in [0.1, 0.15) is 7.85 Å². The molecule has 0 aromatic heterocycles. The minimum absolute atomic E-state index is 0.0726. The van der Waals surface area contributed by atoms with Gasteiger partial charge in [0.05, 0.1) is 11.4 Å². The average molecular weight is 411 g/mol. The monoisotopic (exact) mass is 411 g/mol. The van der Waals surface area contributed by atoms with Gasteiger partial charge in [0, 0.05) is 16.5 Å². The fraction of sp³-hybridized carbons (Fsp3) is 0.200. The maximum Gasteiger partial charge on any atom is 0.113 e. The standard InChI is InChI=1S/C30H26BN/c1-29(2)23-15-14-19(31)16-21(23)22-17-26-28(18-25(22)29)32(20-10-6-5-7-11-20)27-13-9-8-12-24(27)30(26,3)4/h5-18H,1-4H3. The van der Waals surface area contributed by atoms with Crippen molar-refractivity contribution in [1.29, 1.82) is 0 Å². The van der Waals surface area contributed by atoms with Crippen LogP contribution in [0.2, 0.25) is 0 Å². The predicted octanol–water partition coefficient (Wildman–Crippen LogP) is 6.90. The molecule has 0 unspecified atom stereocenters. The van der Waals surface area contributed by atoms with Crippen LogP contribution < -0.4 is 10.4 Å². The van der Waals surface area contributed by atoms with Gasteiger partial charge in [-0.05, 0) is 63.7 Å². The Balaban J connectivity index is 1.70. The summed E-state index contributed by atoms with van der Waals surface area (Å²) in [5, 5.41) is 0. The molecule has 32 heavy (non-hydrogen) atoms. The first-order valence-corrected chi connectivity index (χ1v) is 11.3. The summed E-state index contributed by atoms with van der Waals surface area (Å²) < 4.78 is 0. The Morgan fingerprint density at radius 1 is 0.562 bits per heavy atom. The van der Waals surface area contributed by atoms with Crippen molar-refractivity contribution in [2.24, 2.45) is 0 Å². The number of hydrogen-bond acceptors (Lipinski definition) is 1. The summed E-state index contributed by atoms with van der Waals surface area (Å²) in [5.74, 6) is 0. The maximum absolute atomic E-state index is 6.22. The normalized spacial score (nSPS) is 16.7. The highest BCUT2D eigenvalue weighted by Gasteiger charge is 2.42. The van der Waals surface area contributed by atoms with Gasteiger partial charge in [-0.2, -0.15) is 0 Å². The van der Waals surface area contributed by atoms with Gasteiger partial charge in [0.25, 0.3) is 0 Å². The Morgan fingerprint density at radius 2 is 1.22 bits per heavy atom. The lowest BCUT2D eigenvalue weighted by Gasteiger charge is -2.42. The van der Waals surface area contributed by atoms with Crippen molar-refractivity contribution < 1.29 is 0 Å². The first kappa shape index (κ1) is 19.4. The van der Waals surface area contributed by atoms with E-state index in [2.05, 4.69) is 111 Å². The fourth-order valence-corrected chi connectivity index (χ4v) is 5.82. The lowest BCUT2D eigenvalue weighted by Crippen LogP contribution is -2.31. The summed E-state index contributed by atoms with van der Waals surface area (Å²) in [5.41, 5.74) is 12.4. The third kappa shape index (κ3) is 2.47. The molecular formula is C30H26BN. The summed E-state index contributed by atoms with van der Waals surface area (Å²) >= 11 is 0. The number of para-hydroxylation sites is 2. The van der Waals surface area contributed by atoms with Gasteiger partial charge in [0.15, 0.2) is 0 Å². The average Bonchev–Trinajstić information content (AvgIpc) is 3.00. The van der Waals surface area contributed by atoms with E-state index in [9.17, 15) is 0 Å². The molecule has 0 bridgehead atoms. The molecule has 0 saturated heterocycles. The number of rotatable bonds is 1. The van der Waals surface area contributed by atoms with E-state index in [1.807, 2.05) is 6.07 Å². The minimum atomic E-state index is -0.112. The van der Waals surface area contributed by atoms with E-state index in [0.717, 1.165) is 5.46 Å². The van der Waals surface area contributed by atoms with Gasteiger partial charge in [-0.3, -0.25) is 0 Å². The molecule has 2 radical (unpaired) electrons. The molecule has 4 aromatic carbocycles. The molecule has 0 N–H and O–H groups in total. The quantitative estimate of drug-likeness (QED) is 0.308. The number of nitrogens with zero attached hydrogens (tertiary/aromatic N) is 1. The number of fused-ring (bicyclic) bond motifs is 5. The lowest BCUT2D eigenvalue weighted by molar-refractivity contribution is 0.627. The van der Waals surface area contributed by atoms with E-state index in [1.54, 1.807) is 0 Å². The molecule has 0 amide bonds. The maximum atomic E-state index is 6.22. The van der Waals surface area contributed by atoms with Crippen molar-refractivity contribution in [1.82, 2.24) is 0 Å². The van der Waals surface area contributed by atoms with Gasteiger partial charge in [0.2, 0.25) is 0 Å². The van der Waals surface area contributed by atoms with Gasteiger partial charge in [-0.1, -0.05) is 87.8 Å². The summed E-state index contributed by atoms with van der Waals surface area (Å²) in [6.07, 6.45) is 0. The van der Waals surface area contributed by atoms with E-state index in [0.29, 0.717) is 0 Å². The zero-order valence-corrected chi connectivity index (χ0v) is 19.1. The largest absolute Gasteiger partial charge is 0.310 e. The molecule has 2 heteroatoms. The number of benzene rings is 4. The second-order valence-electron chi connectivity index (χ2n) is 10.2. The number of anilines is 3. The van der Waals surface area contributed by atoms with Crippen molar-refractivity contribution >= 4 is 30.4 Å². The molecule has 1 aliphatic heterocycles. The molecule has 154 valence electrons. The van der Waals surface area contributed by atoms with Gasteiger partial charge in [-0.15, -0.1) is 0 Å². The third-order valence-electron chi connectivity index (χ3n) is 7.56. The van der Waals surface area contributed by atoms with Gasteiger partial charge < -0.3 is 4.90 Å². The van der Waals surface area contributed by atoms with E-state index < -0.39 is 0 Å². The Bertz CT molecular complexity index is 1380. The first-order chi connectivity index (χ1) is 15.3. The predicted molar refractivity (Wildman–Crippen MR) is 136 cm³/mol. The summed E-state index contributed by atoms with van der Waals surface area (Å²) in [4.78, 5) is 2.43. The SMILES string of the molecule is [B]c1ccc2c(c1)-c1cc3c(cc1C2(C)C)N(c1ccccc1)c1ccccc1C3(C)C. The topological polar surface area (TPSA) is 3.24 Å². The van der Waals surface area contributed by atoms with Crippen molar-refractivity contribution in [3.05, 3.63) is 107 Å². The van der Waals surface area contributed by atoms with Crippen LogP contribution in [0.1, 0.15) is 49.9 Å². The van der Waals surface area contributed by atoms with Crippen molar-refractivity contribution in [3.63, 3.8) is 0 Å². The van der Waals surface area contributed by atoms with Crippen molar-refractivity contribution in [2.75, 3.05) is 4.90 Å². The zero-order valence-electron chi connectivity index (χ0n) is 19.1. The highest BCUT2D eigenvalue weighted by Crippen LogP contribution is 2.57. The van der Waals surface area contributed by atoms with E-state index in [1.165, 1.54) is 50.4 Å². The lowest BCUT2D eigenvalue weighted by atomic mass is 9.72. The van der Waals surface area contributed by atoms with Crippen LogP contribution in [0, 0.1) is 0 Å². The summed E-state index contributed by atoms with van der Waals surface area (Å²) in [6.45, 7) is 9.35. The molecule has 0 fully saturated rings. The smallest absolute Gasteiger partial charge is 0.113 e. The highest BCUT2D eigenvalue weighted by atomic mass is 15.2. The van der Waals surface area contributed by atoms with Gasteiger partial charge in [-0.25, -0.2) is 0 Å². The minimum Gasteiger partial charge on any atom is -0.310 e. The highest BCUT2D eigenvalue weighted by molar-refractivity contribution is 6.32. The summed E-state index contributed by atoms with van der Waals surface area (Å²) in [6, 6.07) is 30.8. The van der Waals surface area contributed by atoms with Crippen LogP contribution in [0.5, 0.6) is 0 Å². The molecule has 0 saturated carbocycles. The van der Waals surface area contributed by atoms with Crippen LogP contribution in [-0.2, 0) is 10.8 Å². The molecule has 2 aliphatic rings. The third-order valence-corrected chi connectivity index (χ3v) is 7.56. The second-order valence-corrected chi connectivity index (χ2v) is 10.2. The van der Waals surface area contributed by atoms with Crippen molar-refractivity contribution in [2.45, 2.75) is 38.5 Å². The van der Waals surface area contributed by atoms with E-state index >= 15 is 0 Å². The van der Waals surface area contributed by atoms with Crippen LogP contribution in [0.4, 0.5) is 17.1 Å². The Morgan fingerprint density at radius 3 is 2.00 bits per heavy atom. The molecular weight excluding hydrogens is 385 g/mol.